The average Bonchev–Trinajstić information content (AvgIpc) is 3.21. The highest BCUT2D eigenvalue weighted by atomic mass is 32.2. The van der Waals surface area contributed by atoms with Gasteiger partial charge >= 0.3 is 0 Å². The van der Waals surface area contributed by atoms with E-state index < -0.39 is 21.6 Å². The van der Waals surface area contributed by atoms with Crippen molar-refractivity contribution in [3.05, 3.63) is 89.6 Å². The summed E-state index contributed by atoms with van der Waals surface area (Å²) < 4.78 is 40.5. The Morgan fingerprint density at radius 2 is 1.83 bits per heavy atom. The highest BCUT2D eigenvalue weighted by Crippen LogP contribution is 2.30. The number of nitrogens with one attached hydrogen (secondary N) is 2. The lowest BCUT2D eigenvalue weighted by Gasteiger charge is -2.12. The van der Waals surface area contributed by atoms with Crippen LogP contribution in [-0.2, 0) is 9.84 Å². The molecular formula is C24H21FN6O3S. The van der Waals surface area contributed by atoms with E-state index >= 15 is 0 Å². The highest BCUT2D eigenvalue weighted by molar-refractivity contribution is 7.90. The van der Waals surface area contributed by atoms with Gasteiger partial charge < -0.3 is 11.1 Å². The number of nitrogens with zero attached hydrogens (tertiary/aromatic N) is 3. The maximum atomic E-state index is 15.0. The zero-order chi connectivity index (χ0) is 25.3. The van der Waals surface area contributed by atoms with E-state index in [0.717, 1.165) is 6.26 Å². The molecule has 0 spiro atoms. The predicted octanol–water partition coefficient (Wildman–Crippen LogP) is 3.32. The first-order valence-corrected chi connectivity index (χ1v) is 12.2. The molecule has 0 aliphatic heterocycles. The first-order chi connectivity index (χ1) is 16.5. The molecule has 0 saturated carbocycles. The van der Waals surface area contributed by atoms with Crippen molar-refractivity contribution in [3.63, 3.8) is 0 Å². The summed E-state index contributed by atoms with van der Waals surface area (Å²) in [5, 5.41) is 14.4. The first-order valence-electron chi connectivity index (χ1n) is 10.3. The molecule has 4 N–H and O–H groups in total. The van der Waals surface area contributed by atoms with Gasteiger partial charge in [-0.3, -0.25) is 10.2 Å². The third-order valence-corrected chi connectivity index (χ3v) is 6.26. The van der Waals surface area contributed by atoms with Crippen LogP contribution in [-0.4, -0.2) is 41.2 Å². The van der Waals surface area contributed by atoms with Crippen molar-refractivity contribution in [2.24, 2.45) is 5.73 Å². The Labute approximate surface area is 200 Å². The molecule has 4 rings (SSSR count). The van der Waals surface area contributed by atoms with Crippen LogP contribution in [0.25, 0.3) is 16.9 Å². The standard InChI is InChI=1S/C24H21FN6O3S/c1-14-12-20(31(30-14)22-9-5-7-19(28-22)23(26)27)24(32)29-18-11-10-15(13-17(18)25)16-6-3-4-8-21(16)35(2,33)34/h3-13H,1-2H3,(H3,26,27)(H,29,32). The monoisotopic (exact) mass is 492 g/mol. The number of nitrogen functional groups attached to an aromatic ring is 1. The summed E-state index contributed by atoms with van der Waals surface area (Å²) in [7, 11) is -3.53. The quantitative estimate of drug-likeness (QED) is 0.278. The molecule has 178 valence electrons. The number of aryl methyl sites for hydroxylation is 1. The highest BCUT2D eigenvalue weighted by Gasteiger charge is 2.20. The van der Waals surface area contributed by atoms with Gasteiger partial charge in [-0.15, -0.1) is 0 Å². The summed E-state index contributed by atoms with van der Waals surface area (Å²) in [5.74, 6) is -1.34. The molecule has 11 heteroatoms. The molecule has 2 aromatic heterocycles. The van der Waals surface area contributed by atoms with Crippen LogP contribution in [0.4, 0.5) is 10.1 Å². The van der Waals surface area contributed by atoms with E-state index in [2.05, 4.69) is 15.4 Å². The Bertz CT molecular complexity index is 1580. The maximum Gasteiger partial charge on any atom is 0.274 e. The Balaban J connectivity index is 1.66. The van der Waals surface area contributed by atoms with E-state index in [-0.39, 0.29) is 33.6 Å². The number of halogens is 1. The van der Waals surface area contributed by atoms with Crippen LogP contribution in [0.3, 0.4) is 0 Å². The van der Waals surface area contributed by atoms with Gasteiger partial charge in [-0.1, -0.05) is 30.3 Å². The maximum absolute atomic E-state index is 15.0. The molecule has 0 aliphatic carbocycles. The minimum atomic E-state index is -3.53. The summed E-state index contributed by atoms with van der Waals surface area (Å²) in [5.41, 5.74) is 6.97. The number of amides is 1. The number of hydrogen-bond donors (Lipinski definition) is 3. The molecule has 9 nitrogen and oxygen atoms in total. The molecule has 0 unspecified atom stereocenters. The Kier molecular flexibility index (Phi) is 6.18. The SMILES string of the molecule is Cc1cc(C(=O)Nc2ccc(-c3ccccc3S(C)(=O)=O)cc2F)n(-c2cccc(C(=N)N)n2)n1. The summed E-state index contributed by atoms with van der Waals surface area (Å²) in [6.45, 7) is 1.69. The number of benzene rings is 2. The number of pyridine rings is 1. The van der Waals surface area contributed by atoms with Gasteiger partial charge in [-0.2, -0.15) is 5.10 Å². The molecule has 4 aromatic rings. The molecule has 1 amide bonds. The zero-order valence-electron chi connectivity index (χ0n) is 18.8. The Morgan fingerprint density at radius 3 is 2.51 bits per heavy atom. The molecule has 2 aromatic carbocycles. The zero-order valence-corrected chi connectivity index (χ0v) is 19.6. The second-order valence-electron chi connectivity index (χ2n) is 7.79. The van der Waals surface area contributed by atoms with Crippen molar-refractivity contribution in [2.75, 3.05) is 11.6 Å². The fraction of sp³-hybridized carbons (Fsp3) is 0.0833. The summed E-state index contributed by atoms with van der Waals surface area (Å²) in [4.78, 5) is 17.3. The van der Waals surface area contributed by atoms with Gasteiger partial charge in [0.1, 0.15) is 23.0 Å². The number of aromatic nitrogens is 3. The van der Waals surface area contributed by atoms with E-state index in [1.165, 1.54) is 35.0 Å². The summed E-state index contributed by atoms with van der Waals surface area (Å²) in [6.07, 6.45) is 1.09. The largest absolute Gasteiger partial charge is 0.382 e. The fourth-order valence-electron chi connectivity index (χ4n) is 3.53. The van der Waals surface area contributed by atoms with Gasteiger partial charge in [0.25, 0.3) is 5.91 Å². The van der Waals surface area contributed by atoms with Gasteiger partial charge in [-0.25, -0.2) is 22.5 Å². The number of carbonyl (C=O) groups excluding carboxylic acids is 1. The number of nitrogens with two attached hydrogens (primary N) is 1. The lowest BCUT2D eigenvalue weighted by molar-refractivity contribution is 0.101. The van der Waals surface area contributed by atoms with Crippen molar-refractivity contribution in [2.45, 2.75) is 11.8 Å². The van der Waals surface area contributed by atoms with Gasteiger partial charge in [0.05, 0.1) is 16.3 Å². The van der Waals surface area contributed by atoms with E-state index in [9.17, 15) is 17.6 Å². The molecular weight excluding hydrogens is 471 g/mol. The number of amidine groups is 1. The van der Waals surface area contributed by atoms with E-state index in [1.54, 1.807) is 43.3 Å². The van der Waals surface area contributed by atoms with Crippen LogP contribution in [0, 0.1) is 18.2 Å². The number of sulfone groups is 1. The van der Waals surface area contributed by atoms with E-state index in [4.69, 9.17) is 11.1 Å². The van der Waals surface area contributed by atoms with Crippen molar-refractivity contribution in [3.8, 4) is 16.9 Å². The average molecular weight is 493 g/mol. The second kappa shape index (κ2) is 9.11. The molecule has 0 aliphatic rings. The third kappa shape index (κ3) is 4.94. The van der Waals surface area contributed by atoms with E-state index in [1.807, 2.05) is 0 Å². The lowest BCUT2D eigenvalue weighted by Crippen LogP contribution is -2.19. The minimum absolute atomic E-state index is 0.0795. The Morgan fingerprint density at radius 1 is 1.09 bits per heavy atom. The van der Waals surface area contributed by atoms with Gasteiger partial charge in [-0.05, 0) is 48.9 Å². The van der Waals surface area contributed by atoms with Crippen LogP contribution in [0.2, 0.25) is 0 Å². The molecule has 0 fully saturated rings. The second-order valence-corrected chi connectivity index (χ2v) is 9.78. The summed E-state index contributed by atoms with van der Waals surface area (Å²) >= 11 is 0. The van der Waals surface area contributed by atoms with Crippen LogP contribution >= 0.6 is 0 Å². The number of hydrogen-bond acceptors (Lipinski definition) is 6. The van der Waals surface area contributed by atoms with Crippen molar-refractivity contribution in [1.29, 1.82) is 5.41 Å². The van der Waals surface area contributed by atoms with Crippen LogP contribution < -0.4 is 11.1 Å². The fourth-order valence-corrected chi connectivity index (χ4v) is 4.44. The van der Waals surface area contributed by atoms with E-state index in [0.29, 0.717) is 16.8 Å². The van der Waals surface area contributed by atoms with Crippen molar-refractivity contribution in [1.82, 2.24) is 14.8 Å². The smallest absolute Gasteiger partial charge is 0.274 e. The van der Waals surface area contributed by atoms with Crippen molar-refractivity contribution < 1.29 is 17.6 Å². The molecule has 0 bridgehead atoms. The normalized spacial score (nSPS) is 11.3. The first kappa shape index (κ1) is 23.8. The predicted molar refractivity (Wildman–Crippen MR) is 130 cm³/mol. The number of carbonyl (C=O) groups is 1. The van der Waals surface area contributed by atoms with Crippen LogP contribution in [0.15, 0.2) is 71.6 Å². The molecule has 0 atom stereocenters. The lowest BCUT2D eigenvalue weighted by atomic mass is 10.0. The van der Waals surface area contributed by atoms with Gasteiger partial charge in [0.15, 0.2) is 15.7 Å². The molecule has 0 saturated heterocycles. The minimum Gasteiger partial charge on any atom is -0.382 e. The van der Waals surface area contributed by atoms with Crippen molar-refractivity contribution >= 4 is 27.3 Å². The molecule has 2 heterocycles. The topological polar surface area (TPSA) is 144 Å². The van der Waals surface area contributed by atoms with Gasteiger partial charge in [0.2, 0.25) is 0 Å². The molecule has 35 heavy (non-hydrogen) atoms. The molecule has 0 radical (unpaired) electrons. The van der Waals surface area contributed by atoms with Crippen LogP contribution in [0.5, 0.6) is 0 Å². The third-order valence-electron chi connectivity index (χ3n) is 5.11. The summed E-state index contributed by atoms with van der Waals surface area (Å²) in [6, 6.07) is 16.7. The van der Waals surface area contributed by atoms with Gasteiger partial charge in [0, 0.05) is 11.8 Å². The van der Waals surface area contributed by atoms with Crippen LogP contribution in [0.1, 0.15) is 21.9 Å². The Hall–Kier alpha value is -4.38. The number of anilines is 1. The number of rotatable bonds is 6.